The van der Waals surface area contributed by atoms with Crippen LogP contribution in [0.4, 0.5) is 0 Å². The zero-order valence-corrected chi connectivity index (χ0v) is 10.8. The van der Waals surface area contributed by atoms with Crippen LogP contribution in [0.25, 0.3) is 0 Å². The predicted octanol–water partition coefficient (Wildman–Crippen LogP) is 1.14. The molecule has 1 heterocycles. The number of amides is 1. The van der Waals surface area contributed by atoms with Crippen LogP contribution in [0, 0.1) is 5.92 Å². The first-order valence-corrected chi connectivity index (χ1v) is 6.68. The summed E-state index contributed by atoms with van der Waals surface area (Å²) < 4.78 is 5.16. The van der Waals surface area contributed by atoms with Crippen LogP contribution in [0.3, 0.4) is 0 Å². The van der Waals surface area contributed by atoms with Gasteiger partial charge in [-0.25, -0.2) is 0 Å². The first kappa shape index (κ1) is 12.8. The van der Waals surface area contributed by atoms with Crippen LogP contribution in [-0.2, 0) is 9.53 Å². The molecule has 1 amide bonds. The van der Waals surface area contributed by atoms with Crippen molar-refractivity contribution >= 4 is 5.91 Å². The largest absolute Gasteiger partial charge is 0.384 e. The van der Waals surface area contributed by atoms with E-state index in [2.05, 4.69) is 0 Å². The molecule has 1 aliphatic carbocycles. The summed E-state index contributed by atoms with van der Waals surface area (Å²) in [7, 11) is 1.74. The fourth-order valence-electron chi connectivity index (χ4n) is 2.81. The number of carbonyl (C=O) groups excluding carboxylic acids is 1. The molecule has 0 unspecified atom stereocenters. The van der Waals surface area contributed by atoms with Gasteiger partial charge < -0.3 is 15.4 Å². The third-order valence-electron chi connectivity index (χ3n) is 4.22. The van der Waals surface area contributed by atoms with E-state index in [9.17, 15) is 4.79 Å². The van der Waals surface area contributed by atoms with Crippen molar-refractivity contribution in [3.05, 3.63) is 0 Å². The van der Waals surface area contributed by atoms with Gasteiger partial charge in [-0.2, -0.15) is 0 Å². The molecule has 1 aliphatic heterocycles. The molecule has 0 aromatic heterocycles. The molecule has 0 aromatic carbocycles. The van der Waals surface area contributed by atoms with Crippen LogP contribution in [0.15, 0.2) is 0 Å². The number of nitrogens with two attached hydrogens (primary N) is 1. The molecule has 17 heavy (non-hydrogen) atoms. The normalized spacial score (nSPS) is 24.5. The van der Waals surface area contributed by atoms with Crippen molar-refractivity contribution < 1.29 is 9.53 Å². The highest BCUT2D eigenvalue weighted by atomic mass is 16.5. The lowest BCUT2D eigenvalue weighted by molar-refractivity contribution is -0.134. The van der Waals surface area contributed by atoms with E-state index in [1.54, 1.807) is 7.11 Å². The lowest BCUT2D eigenvalue weighted by Gasteiger charge is -2.40. The van der Waals surface area contributed by atoms with E-state index in [0.717, 1.165) is 45.4 Å². The maximum Gasteiger partial charge on any atom is 0.224 e. The Morgan fingerprint density at radius 3 is 2.53 bits per heavy atom. The minimum Gasteiger partial charge on any atom is -0.384 e. The van der Waals surface area contributed by atoms with E-state index in [0.29, 0.717) is 12.3 Å². The molecule has 4 nitrogen and oxygen atoms in total. The maximum atomic E-state index is 12.1. The number of methoxy groups -OCH3 is 1. The molecule has 1 saturated heterocycles. The fraction of sp³-hybridized carbons (Fsp3) is 0.923. The highest BCUT2D eigenvalue weighted by molar-refractivity contribution is 5.77. The van der Waals surface area contributed by atoms with Gasteiger partial charge in [-0.1, -0.05) is 0 Å². The molecule has 2 N–H and O–H groups in total. The number of hydrogen-bond acceptors (Lipinski definition) is 3. The molecule has 0 aromatic rings. The number of ether oxygens (including phenoxy) is 1. The highest BCUT2D eigenvalue weighted by Gasteiger charge is 2.36. The summed E-state index contributed by atoms with van der Waals surface area (Å²) in [5.74, 6) is 0.877. The van der Waals surface area contributed by atoms with Crippen molar-refractivity contribution in [3.63, 3.8) is 0 Å². The Morgan fingerprint density at radius 1 is 1.41 bits per heavy atom. The molecule has 2 fully saturated rings. The van der Waals surface area contributed by atoms with Gasteiger partial charge in [0.1, 0.15) is 0 Å². The smallest absolute Gasteiger partial charge is 0.224 e. The summed E-state index contributed by atoms with van der Waals surface area (Å²) in [6.45, 7) is 2.58. The minimum atomic E-state index is -0.180. The Bertz CT molecular complexity index is 269. The molecular weight excluding hydrogens is 216 g/mol. The van der Waals surface area contributed by atoms with Crippen molar-refractivity contribution in [2.75, 3.05) is 26.8 Å². The fourth-order valence-corrected chi connectivity index (χ4v) is 2.81. The van der Waals surface area contributed by atoms with Crippen molar-refractivity contribution in [1.82, 2.24) is 4.90 Å². The highest BCUT2D eigenvalue weighted by Crippen LogP contribution is 2.33. The Labute approximate surface area is 103 Å². The van der Waals surface area contributed by atoms with Crippen LogP contribution in [0.2, 0.25) is 0 Å². The summed E-state index contributed by atoms with van der Waals surface area (Å²) in [6, 6.07) is 0. The quantitative estimate of drug-likeness (QED) is 0.802. The number of hydrogen-bond donors (Lipinski definition) is 1. The summed E-state index contributed by atoms with van der Waals surface area (Å²) in [5, 5.41) is 0. The van der Waals surface area contributed by atoms with E-state index in [1.165, 1.54) is 6.42 Å². The van der Waals surface area contributed by atoms with Gasteiger partial charge in [0, 0.05) is 38.8 Å². The number of nitrogens with zero attached hydrogens (tertiary/aromatic N) is 1. The molecule has 98 valence electrons. The zero-order valence-electron chi connectivity index (χ0n) is 10.8. The Kier molecular flexibility index (Phi) is 4.05. The number of rotatable bonds is 4. The maximum absolute atomic E-state index is 12.1. The number of likely N-dealkylation sites (tertiary alicyclic amines) is 1. The second-order valence-corrected chi connectivity index (χ2v) is 5.67. The molecule has 0 atom stereocenters. The van der Waals surface area contributed by atoms with Gasteiger partial charge in [0.05, 0.1) is 0 Å². The average Bonchev–Trinajstić information content (AvgIpc) is 2.28. The van der Waals surface area contributed by atoms with E-state index in [4.69, 9.17) is 10.5 Å². The third-order valence-corrected chi connectivity index (χ3v) is 4.22. The molecule has 2 aliphatic rings. The monoisotopic (exact) mass is 240 g/mol. The van der Waals surface area contributed by atoms with Crippen molar-refractivity contribution in [3.8, 4) is 0 Å². The summed E-state index contributed by atoms with van der Waals surface area (Å²) in [6.07, 6.45) is 5.88. The molecule has 1 saturated carbocycles. The topological polar surface area (TPSA) is 55.6 Å². The molecule has 0 radical (unpaired) electrons. The van der Waals surface area contributed by atoms with Crippen LogP contribution in [0.1, 0.15) is 38.5 Å². The molecule has 4 heteroatoms. The first-order valence-electron chi connectivity index (χ1n) is 6.68. The van der Waals surface area contributed by atoms with E-state index in [-0.39, 0.29) is 11.4 Å². The van der Waals surface area contributed by atoms with Gasteiger partial charge in [-0.05, 0) is 38.0 Å². The van der Waals surface area contributed by atoms with Gasteiger partial charge in [-0.3, -0.25) is 4.79 Å². The predicted molar refractivity (Wildman–Crippen MR) is 66.6 cm³/mol. The van der Waals surface area contributed by atoms with Gasteiger partial charge in [0.2, 0.25) is 5.91 Å². The first-order chi connectivity index (χ1) is 8.13. The van der Waals surface area contributed by atoms with Gasteiger partial charge in [0.15, 0.2) is 0 Å². The van der Waals surface area contributed by atoms with Crippen LogP contribution < -0.4 is 5.73 Å². The van der Waals surface area contributed by atoms with Crippen LogP contribution in [0.5, 0.6) is 0 Å². The molecular formula is C13H24N2O2. The van der Waals surface area contributed by atoms with Crippen molar-refractivity contribution in [2.24, 2.45) is 11.7 Å². The van der Waals surface area contributed by atoms with E-state index in [1.807, 2.05) is 4.90 Å². The van der Waals surface area contributed by atoms with Crippen LogP contribution in [-0.4, -0.2) is 43.2 Å². The van der Waals surface area contributed by atoms with Gasteiger partial charge in [0.25, 0.3) is 0 Å². The summed E-state index contributed by atoms with van der Waals surface area (Å²) >= 11 is 0. The van der Waals surface area contributed by atoms with E-state index >= 15 is 0 Å². The number of carbonyl (C=O) groups is 1. The second-order valence-electron chi connectivity index (χ2n) is 5.67. The lowest BCUT2D eigenvalue weighted by Crippen LogP contribution is -2.51. The SMILES string of the molecule is COCC1CCN(C(=O)CC2(N)CCC2)CC1. The van der Waals surface area contributed by atoms with Gasteiger partial charge >= 0.3 is 0 Å². The third kappa shape index (κ3) is 3.19. The molecule has 0 bridgehead atoms. The Hall–Kier alpha value is -0.610. The Morgan fingerprint density at radius 2 is 2.06 bits per heavy atom. The number of piperidine rings is 1. The summed E-state index contributed by atoms with van der Waals surface area (Å²) in [4.78, 5) is 14.1. The van der Waals surface area contributed by atoms with Crippen molar-refractivity contribution in [1.29, 1.82) is 0 Å². The van der Waals surface area contributed by atoms with Crippen LogP contribution >= 0.6 is 0 Å². The second kappa shape index (κ2) is 5.36. The summed E-state index contributed by atoms with van der Waals surface area (Å²) in [5.41, 5.74) is 5.94. The van der Waals surface area contributed by atoms with Crippen molar-refractivity contribution in [2.45, 2.75) is 44.1 Å². The molecule has 0 spiro atoms. The minimum absolute atomic E-state index is 0.180. The van der Waals surface area contributed by atoms with E-state index < -0.39 is 0 Å². The average molecular weight is 240 g/mol. The Balaban J connectivity index is 1.74. The zero-order chi connectivity index (χ0) is 12.3. The standard InChI is InChI=1S/C13H24N2O2/c1-17-10-11-3-7-15(8-4-11)12(16)9-13(14)5-2-6-13/h11H,2-10,14H2,1H3. The van der Waals surface area contributed by atoms with Gasteiger partial charge in [-0.15, -0.1) is 0 Å². The molecule has 2 rings (SSSR count). The lowest BCUT2D eigenvalue weighted by atomic mass is 9.75.